The Morgan fingerprint density at radius 2 is 0.806 bits per heavy atom. The zero-order valence-corrected chi connectivity index (χ0v) is 40.4. The van der Waals surface area contributed by atoms with Crippen LogP contribution in [0.15, 0.2) is 206 Å². The summed E-state index contributed by atoms with van der Waals surface area (Å²) in [7, 11) is 13.3. The Morgan fingerprint density at radius 3 is 1.18 bits per heavy atom. The largest absolute Gasteiger partial charge is 0.214 e. The zero-order chi connectivity index (χ0) is 43.4. The van der Waals surface area contributed by atoms with Crippen LogP contribution in [0.25, 0.3) is 65.3 Å². The van der Waals surface area contributed by atoms with Crippen LogP contribution in [0, 0.1) is 0 Å². The fourth-order valence-corrected chi connectivity index (χ4v) is 13.1. The molecule has 0 spiro atoms. The van der Waals surface area contributed by atoms with E-state index in [1.54, 1.807) is 0 Å². The minimum absolute atomic E-state index is 0.0554. The first kappa shape index (κ1) is 43.5. The van der Waals surface area contributed by atoms with E-state index in [1.807, 2.05) is 30.3 Å². The molecule has 62 heavy (non-hydrogen) atoms. The maximum atomic E-state index is 6.64. The van der Waals surface area contributed by atoms with Gasteiger partial charge in [-0.1, -0.05) is 114 Å². The predicted octanol–water partition coefficient (Wildman–Crippen LogP) is 17.5. The van der Waals surface area contributed by atoms with Crippen molar-refractivity contribution in [1.82, 2.24) is 0 Å². The molecule has 0 aliphatic heterocycles. The molecule has 0 amide bonds. The van der Waals surface area contributed by atoms with Crippen LogP contribution in [0.2, 0.25) is 0 Å². The van der Waals surface area contributed by atoms with Crippen molar-refractivity contribution in [3.63, 3.8) is 0 Å². The van der Waals surface area contributed by atoms with Gasteiger partial charge in [-0.05, 0) is 44.2 Å². The molecule has 0 unspecified atom stereocenters. The molecular formula is C59H52Cl2Zr-2. The Hall–Kier alpha value is -5.17. The van der Waals surface area contributed by atoms with E-state index in [9.17, 15) is 0 Å². The number of benzene rings is 8. The van der Waals surface area contributed by atoms with Crippen LogP contribution in [-0.4, -0.2) is 3.21 Å². The van der Waals surface area contributed by atoms with E-state index in [0.717, 1.165) is 3.21 Å². The first-order valence-electron chi connectivity index (χ1n) is 21.4. The Morgan fingerprint density at radius 1 is 0.419 bits per heavy atom. The molecule has 0 radical (unpaired) electrons. The Kier molecular flexibility index (Phi) is 13.1. The molecule has 10 aromatic carbocycles. The van der Waals surface area contributed by atoms with Crippen molar-refractivity contribution in [3.05, 3.63) is 229 Å². The van der Waals surface area contributed by atoms with E-state index in [0.29, 0.717) is 0 Å². The van der Waals surface area contributed by atoms with E-state index in [2.05, 4.69) is 217 Å². The van der Waals surface area contributed by atoms with Gasteiger partial charge in [0.25, 0.3) is 0 Å². The van der Waals surface area contributed by atoms with Gasteiger partial charge in [-0.25, -0.2) is 12.1 Å². The minimum Gasteiger partial charge on any atom is -0.214 e. The summed E-state index contributed by atoms with van der Waals surface area (Å²) >= 11 is -2.71. The van der Waals surface area contributed by atoms with E-state index in [4.69, 9.17) is 17.0 Å². The molecule has 10 aromatic rings. The molecule has 10 rings (SSSR count). The number of hydrogen-bond donors (Lipinski definition) is 0. The minimum atomic E-state index is -2.71. The van der Waals surface area contributed by atoms with Crippen LogP contribution in [0.1, 0.15) is 63.8 Å². The van der Waals surface area contributed by atoms with Crippen LogP contribution >= 0.6 is 17.0 Å². The van der Waals surface area contributed by atoms with Gasteiger partial charge < -0.3 is 0 Å². The molecule has 0 aliphatic rings. The van der Waals surface area contributed by atoms with Gasteiger partial charge in [-0.15, -0.1) is 39.7 Å². The Balaban J connectivity index is 0.000000159. The van der Waals surface area contributed by atoms with Gasteiger partial charge in [0.2, 0.25) is 0 Å². The van der Waals surface area contributed by atoms with Gasteiger partial charge in [0.05, 0.1) is 0 Å². The molecular weight excluding hydrogens is 871 g/mol. The first-order valence-corrected chi connectivity index (χ1v) is 29.0. The van der Waals surface area contributed by atoms with Crippen LogP contribution in [0.4, 0.5) is 0 Å². The molecule has 0 saturated heterocycles. The van der Waals surface area contributed by atoms with Crippen molar-refractivity contribution in [3.8, 4) is 22.3 Å². The maximum absolute atomic E-state index is 6.64. The van der Waals surface area contributed by atoms with Crippen LogP contribution in [0.5, 0.6) is 0 Å². The standard InChI is InChI=1S/C33H33.C21H14.C5H5.2ClH.Zr/c1-32(2,3)30-20-26-24(18-28(30)22-13-9-7-10-14-22)17-25-19-29(23-15-11-8-12-16-23)31(21-27(25)26)33(4,5)6;1-3-13-20-16(7-1)9-5-11-18(20)15-19-12-6-10-17-8-2-4-14-21(17)19;1-2-4-5-3-1;;;/h7-21H,1-6H3;1-14H;1-5H;2*1H;/q-1;;-1;;;+2/p-2. The average molecular weight is 923 g/mol. The predicted molar refractivity (Wildman–Crippen MR) is 270 cm³/mol. The molecule has 0 fully saturated rings. The Bertz CT molecular complexity index is 2910. The molecule has 0 heterocycles. The summed E-state index contributed by atoms with van der Waals surface area (Å²) in [6.07, 6.45) is 0. The van der Waals surface area contributed by atoms with Crippen molar-refractivity contribution in [2.45, 2.75) is 52.4 Å². The maximum Gasteiger partial charge on any atom is -0.172 e. The molecule has 0 bridgehead atoms. The summed E-state index contributed by atoms with van der Waals surface area (Å²) in [5.41, 5.74) is 10.5. The summed E-state index contributed by atoms with van der Waals surface area (Å²) in [6, 6.07) is 73.3. The number of halogens is 2. The fraction of sp³-hybridized carbons (Fsp3) is 0.136. The van der Waals surface area contributed by atoms with Crippen molar-refractivity contribution in [1.29, 1.82) is 0 Å². The van der Waals surface area contributed by atoms with Crippen LogP contribution in [0.3, 0.4) is 0 Å². The fourth-order valence-electron chi connectivity index (χ4n) is 8.62. The molecule has 0 aromatic heterocycles. The third-order valence-corrected chi connectivity index (χ3v) is 16.1. The van der Waals surface area contributed by atoms with Crippen molar-refractivity contribution in [2.75, 3.05) is 0 Å². The summed E-state index contributed by atoms with van der Waals surface area (Å²) in [6.45, 7) is 13.9. The molecule has 0 saturated carbocycles. The van der Waals surface area contributed by atoms with Crippen LogP contribution < -0.4 is 0 Å². The molecule has 3 heteroatoms. The van der Waals surface area contributed by atoms with Crippen molar-refractivity contribution in [2.24, 2.45) is 0 Å². The monoisotopic (exact) mass is 920 g/mol. The van der Waals surface area contributed by atoms with Gasteiger partial charge in [0.15, 0.2) is 0 Å². The zero-order valence-electron chi connectivity index (χ0n) is 36.4. The number of hydrogen-bond acceptors (Lipinski definition) is 0. The Labute approximate surface area is 382 Å². The molecule has 308 valence electrons. The molecule has 0 aliphatic carbocycles. The van der Waals surface area contributed by atoms with Gasteiger partial charge in [-0.2, -0.15) is 18.2 Å². The van der Waals surface area contributed by atoms with Gasteiger partial charge in [0.1, 0.15) is 0 Å². The smallest absolute Gasteiger partial charge is 0.172 e. The average Bonchev–Trinajstić information content (AvgIpc) is 3.98. The van der Waals surface area contributed by atoms with Crippen LogP contribution in [-0.2, 0) is 29.7 Å². The van der Waals surface area contributed by atoms with Crippen molar-refractivity contribution >= 4 is 63.3 Å². The number of fused-ring (bicyclic) bond motifs is 5. The second-order valence-corrected chi connectivity index (χ2v) is 26.1. The third kappa shape index (κ3) is 9.43. The second-order valence-electron chi connectivity index (χ2n) is 18.0. The van der Waals surface area contributed by atoms with E-state index in [1.165, 1.54) is 87.6 Å². The molecule has 0 N–H and O–H groups in total. The summed E-state index contributed by atoms with van der Waals surface area (Å²) in [5, 5.41) is 10.2. The van der Waals surface area contributed by atoms with E-state index < -0.39 is 18.9 Å². The first-order chi connectivity index (χ1) is 29.9. The summed E-state index contributed by atoms with van der Waals surface area (Å²) < 4.78 is 1.15. The SMILES string of the molecule is CC(C)(C)c1cc2c(cc1-c1ccccc1)[cH-]c1cc(-c3ccccc3)c(C(C)(C)C)cc12.[Cl][Zr]([Cl])=[C](c1cccc2ccccc12)c1cccc2ccccc12.c1cc[cH-]c1. The quantitative estimate of drug-likeness (QED) is 0.154. The van der Waals surface area contributed by atoms with E-state index >= 15 is 0 Å². The number of rotatable bonds is 4. The summed E-state index contributed by atoms with van der Waals surface area (Å²) in [4.78, 5) is 0. The van der Waals surface area contributed by atoms with Gasteiger partial charge in [0, 0.05) is 0 Å². The van der Waals surface area contributed by atoms with Crippen molar-refractivity contribution < 1.29 is 18.9 Å². The molecule has 0 atom stereocenters. The second kappa shape index (κ2) is 18.7. The normalized spacial score (nSPS) is 11.5. The van der Waals surface area contributed by atoms with E-state index in [-0.39, 0.29) is 10.8 Å². The summed E-state index contributed by atoms with van der Waals surface area (Å²) in [5.74, 6) is 0. The van der Waals surface area contributed by atoms with Gasteiger partial charge in [-0.3, -0.25) is 0 Å². The van der Waals surface area contributed by atoms with Gasteiger partial charge >= 0.3 is 157 Å². The topological polar surface area (TPSA) is 0 Å². The molecule has 0 nitrogen and oxygen atoms in total. The third-order valence-electron chi connectivity index (χ3n) is 11.6.